The zero-order valence-electron chi connectivity index (χ0n) is 25.5. The number of benzene rings is 2. The zero-order valence-corrected chi connectivity index (χ0v) is 25.5. The first-order valence-electron chi connectivity index (χ1n) is 15.2. The lowest BCUT2D eigenvalue weighted by atomic mass is 9.86. The highest BCUT2D eigenvalue weighted by Crippen LogP contribution is 2.27. The summed E-state index contributed by atoms with van der Waals surface area (Å²) in [5.41, 5.74) is 10.2. The zero-order chi connectivity index (χ0) is 30.8. The molecule has 2 aliphatic heterocycles. The number of nitrogens with zero attached hydrogens (tertiary/aromatic N) is 5. The number of imidazole rings is 1. The number of rotatable bonds is 6. The molecule has 0 radical (unpaired) electrons. The third kappa shape index (κ3) is 6.33. The van der Waals surface area contributed by atoms with E-state index in [1.54, 1.807) is 6.20 Å². The maximum Gasteiger partial charge on any atom is 0.254 e. The predicted molar refractivity (Wildman–Crippen MR) is 172 cm³/mol. The number of fused-ring (bicyclic) bond motifs is 1. The number of nitrogens with one attached hydrogen (secondary N) is 2. The normalized spacial score (nSPS) is 17.5. The highest BCUT2D eigenvalue weighted by Gasteiger charge is 2.25. The fraction of sp³-hybridized carbons (Fsp3) is 0.394. The number of carbonyl (C=O) groups is 2. The third-order valence-electron chi connectivity index (χ3n) is 8.29. The Balaban J connectivity index is 1.17. The van der Waals surface area contributed by atoms with Crippen LogP contribution in [-0.2, 0) is 10.2 Å². The molecule has 2 aromatic heterocycles. The molecule has 0 bridgehead atoms. The number of carbonyl (C=O) groups excluding carboxylic acids is 2. The lowest BCUT2D eigenvalue weighted by Gasteiger charge is -2.34. The van der Waals surface area contributed by atoms with E-state index in [0.29, 0.717) is 61.3 Å². The molecule has 2 saturated heterocycles. The smallest absolute Gasteiger partial charge is 0.254 e. The van der Waals surface area contributed by atoms with Crippen molar-refractivity contribution < 1.29 is 14.3 Å². The maximum absolute atomic E-state index is 13.1. The number of aromatic nitrogens is 3. The van der Waals surface area contributed by atoms with Crippen LogP contribution in [0.4, 0.5) is 23.1 Å². The van der Waals surface area contributed by atoms with Crippen LogP contribution in [0.25, 0.3) is 5.65 Å². The SMILES string of the molecule is CC(C)(C)c1ccc(C(=O)NC2CCCN(c3cn4c(N)cnc4c(Nc4ccc(C(=O)N5CCOCC5)cc4)n3)C2)cc1. The average Bonchev–Trinajstić information content (AvgIpc) is 3.42. The number of amides is 2. The molecule has 44 heavy (non-hydrogen) atoms. The summed E-state index contributed by atoms with van der Waals surface area (Å²) >= 11 is 0. The van der Waals surface area contributed by atoms with Gasteiger partial charge >= 0.3 is 0 Å². The van der Waals surface area contributed by atoms with Crippen molar-refractivity contribution >= 4 is 40.6 Å². The number of ether oxygens (including phenoxy) is 1. The fourth-order valence-electron chi connectivity index (χ4n) is 5.71. The molecular weight excluding hydrogens is 556 g/mol. The second-order valence-corrected chi connectivity index (χ2v) is 12.5. The van der Waals surface area contributed by atoms with Gasteiger partial charge in [-0.3, -0.25) is 14.0 Å². The molecule has 230 valence electrons. The van der Waals surface area contributed by atoms with E-state index in [-0.39, 0.29) is 23.3 Å². The minimum Gasteiger partial charge on any atom is -0.383 e. The van der Waals surface area contributed by atoms with Crippen LogP contribution < -0.4 is 21.3 Å². The predicted octanol–water partition coefficient (Wildman–Crippen LogP) is 4.22. The van der Waals surface area contributed by atoms with Crippen LogP contribution in [0.15, 0.2) is 60.9 Å². The van der Waals surface area contributed by atoms with Gasteiger partial charge in [-0.05, 0) is 60.2 Å². The Labute approximate surface area is 257 Å². The summed E-state index contributed by atoms with van der Waals surface area (Å²) in [4.78, 5) is 39.4. The molecule has 4 heterocycles. The Bertz CT molecular complexity index is 1640. The van der Waals surface area contributed by atoms with Gasteiger partial charge in [0.2, 0.25) is 0 Å². The van der Waals surface area contributed by atoms with Gasteiger partial charge in [-0.2, -0.15) is 0 Å². The summed E-state index contributed by atoms with van der Waals surface area (Å²) in [6.45, 7) is 10.2. The summed E-state index contributed by atoms with van der Waals surface area (Å²) in [7, 11) is 0. The van der Waals surface area contributed by atoms with E-state index in [1.807, 2.05) is 64.0 Å². The largest absolute Gasteiger partial charge is 0.383 e. The van der Waals surface area contributed by atoms with Crippen molar-refractivity contribution in [3.63, 3.8) is 0 Å². The number of piperidine rings is 1. The van der Waals surface area contributed by atoms with Crippen LogP contribution >= 0.6 is 0 Å². The summed E-state index contributed by atoms with van der Waals surface area (Å²) in [6, 6.07) is 15.2. The molecular formula is C33H40N8O3. The Morgan fingerprint density at radius 3 is 2.39 bits per heavy atom. The number of nitrogens with two attached hydrogens (primary N) is 1. The van der Waals surface area contributed by atoms with Crippen LogP contribution in [0, 0.1) is 0 Å². The minimum atomic E-state index is -0.0718. The van der Waals surface area contributed by atoms with Crippen LogP contribution in [-0.4, -0.2) is 76.5 Å². The molecule has 2 fully saturated rings. The second-order valence-electron chi connectivity index (χ2n) is 12.5. The first kappa shape index (κ1) is 29.4. The van der Waals surface area contributed by atoms with Gasteiger partial charge in [0.25, 0.3) is 11.8 Å². The Morgan fingerprint density at radius 2 is 1.68 bits per heavy atom. The van der Waals surface area contributed by atoms with Gasteiger partial charge in [0.05, 0.1) is 25.6 Å². The van der Waals surface area contributed by atoms with Crippen LogP contribution in [0.5, 0.6) is 0 Å². The highest BCUT2D eigenvalue weighted by molar-refractivity contribution is 5.95. The molecule has 4 aromatic rings. The average molecular weight is 597 g/mol. The van der Waals surface area contributed by atoms with Gasteiger partial charge in [-0.1, -0.05) is 32.9 Å². The fourth-order valence-corrected chi connectivity index (χ4v) is 5.71. The molecule has 2 aromatic carbocycles. The molecule has 11 nitrogen and oxygen atoms in total. The monoisotopic (exact) mass is 596 g/mol. The van der Waals surface area contributed by atoms with Crippen molar-refractivity contribution in [2.45, 2.75) is 45.1 Å². The molecule has 1 unspecified atom stereocenters. The molecule has 11 heteroatoms. The van der Waals surface area contributed by atoms with E-state index < -0.39 is 0 Å². The van der Waals surface area contributed by atoms with E-state index >= 15 is 0 Å². The summed E-state index contributed by atoms with van der Waals surface area (Å²) < 4.78 is 7.19. The van der Waals surface area contributed by atoms with Gasteiger partial charge in [0.1, 0.15) is 11.6 Å². The molecule has 0 spiro atoms. The molecule has 1 atom stereocenters. The molecule has 6 rings (SSSR count). The first-order chi connectivity index (χ1) is 21.2. The number of anilines is 4. The Morgan fingerprint density at radius 1 is 0.977 bits per heavy atom. The van der Waals surface area contributed by atoms with Crippen molar-refractivity contribution in [1.82, 2.24) is 24.6 Å². The van der Waals surface area contributed by atoms with E-state index in [1.165, 1.54) is 5.56 Å². The molecule has 2 amide bonds. The van der Waals surface area contributed by atoms with Gasteiger partial charge in [-0.25, -0.2) is 9.97 Å². The molecule has 2 aliphatic rings. The molecule has 0 saturated carbocycles. The van der Waals surface area contributed by atoms with Gasteiger partial charge < -0.3 is 30.9 Å². The van der Waals surface area contributed by atoms with E-state index in [4.69, 9.17) is 15.5 Å². The second kappa shape index (κ2) is 12.2. The standard InChI is InChI=1S/C33H40N8O3/c1-33(2,3)24-10-6-22(7-11-24)31(42)37-26-5-4-14-40(20-26)28-21-41-27(34)19-35-30(41)29(38-28)36-25-12-8-23(9-13-25)32(43)39-15-17-44-18-16-39/h6-13,19,21,26H,4-5,14-18,20,34H2,1-3H3,(H,36,38)(H,37,42). The van der Waals surface area contributed by atoms with E-state index in [9.17, 15) is 9.59 Å². The van der Waals surface area contributed by atoms with Crippen molar-refractivity contribution in [1.29, 1.82) is 0 Å². The lowest BCUT2D eigenvalue weighted by Crippen LogP contribution is -2.48. The summed E-state index contributed by atoms with van der Waals surface area (Å²) in [5, 5.41) is 6.60. The molecule has 0 aliphatic carbocycles. The quantitative estimate of drug-likeness (QED) is 0.302. The Hall–Kier alpha value is -4.64. The first-order valence-corrected chi connectivity index (χ1v) is 15.2. The highest BCUT2D eigenvalue weighted by atomic mass is 16.5. The van der Waals surface area contributed by atoms with Crippen LogP contribution in [0.1, 0.15) is 59.9 Å². The maximum atomic E-state index is 13.1. The number of hydrogen-bond donors (Lipinski definition) is 3. The van der Waals surface area contributed by atoms with Crippen LogP contribution in [0.2, 0.25) is 0 Å². The van der Waals surface area contributed by atoms with Crippen molar-refractivity contribution in [2.75, 3.05) is 55.3 Å². The molecule has 4 N–H and O–H groups in total. The van der Waals surface area contributed by atoms with Gasteiger partial charge in [0.15, 0.2) is 11.5 Å². The Kier molecular flexibility index (Phi) is 8.13. The topological polar surface area (TPSA) is 130 Å². The summed E-state index contributed by atoms with van der Waals surface area (Å²) in [5.74, 6) is 1.71. The van der Waals surface area contributed by atoms with Crippen molar-refractivity contribution in [3.8, 4) is 0 Å². The number of morpholine rings is 1. The van der Waals surface area contributed by atoms with Crippen molar-refractivity contribution in [3.05, 3.63) is 77.6 Å². The van der Waals surface area contributed by atoms with E-state index in [0.717, 1.165) is 30.9 Å². The third-order valence-corrected chi connectivity index (χ3v) is 8.29. The number of nitrogen functional groups attached to an aromatic ring is 1. The number of hydrogen-bond acceptors (Lipinski definition) is 8. The van der Waals surface area contributed by atoms with Gasteiger partial charge in [-0.15, -0.1) is 0 Å². The van der Waals surface area contributed by atoms with E-state index in [2.05, 4.69) is 41.3 Å². The summed E-state index contributed by atoms with van der Waals surface area (Å²) in [6.07, 6.45) is 5.30. The lowest BCUT2D eigenvalue weighted by molar-refractivity contribution is 0.0303. The minimum absolute atomic E-state index is 0.00272. The van der Waals surface area contributed by atoms with Crippen LogP contribution in [0.3, 0.4) is 0 Å². The van der Waals surface area contributed by atoms with Gasteiger partial charge in [0, 0.05) is 49.0 Å². The van der Waals surface area contributed by atoms with Crippen molar-refractivity contribution in [2.24, 2.45) is 0 Å².